The monoisotopic (exact) mass is 269 g/mol. The molecule has 3 heterocycles. The van der Waals surface area contributed by atoms with Crippen LogP contribution in [-0.4, -0.2) is 15.2 Å². The van der Waals surface area contributed by atoms with Crippen molar-refractivity contribution >= 4 is 22.4 Å². The molecule has 0 spiro atoms. The highest BCUT2D eigenvalue weighted by molar-refractivity contribution is 7.10. The van der Waals surface area contributed by atoms with Crippen LogP contribution in [0.3, 0.4) is 0 Å². The van der Waals surface area contributed by atoms with Gasteiger partial charge in [0.1, 0.15) is 10.4 Å². The zero-order valence-electron chi connectivity index (χ0n) is 8.82. The van der Waals surface area contributed by atoms with Gasteiger partial charge in [-0.25, -0.2) is 0 Å². The third-order valence-electron chi connectivity index (χ3n) is 2.56. The normalized spacial score (nSPS) is 12.2. The van der Waals surface area contributed by atoms with Gasteiger partial charge in [-0.1, -0.05) is 0 Å². The van der Waals surface area contributed by atoms with Gasteiger partial charge in [-0.15, -0.1) is 16.4 Å². The molecule has 3 aromatic rings. The summed E-state index contributed by atoms with van der Waals surface area (Å²) in [6.45, 7) is 0. The number of halogens is 3. The molecular formula is C11H6F3N3S. The lowest BCUT2D eigenvalue weighted by Gasteiger charge is -2.06. The number of hydrogen-bond donors (Lipinski definition) is 1. The minimum atomic E-state index is -4.35. The summed E-state index contributed by atoms with van der Waals surface area (Å²) in [5.74, 6) is 0. The molecule has 0 aliphatic heterocycles. The van der Waals surface area contributed by atoms with Gasteiger partial charge in [0.2, 0.25) is 0 Å². The van der Waals surface area contributed by atoms with Gasteiger partial charge in [0.05, 0.1) is 11.7 Å². The zero-order chi connectivity index (χ0) is 12.8. The van der Waals surface area contributed by atoms with Gasteiger partial charge in [-0.05, 0) is 17.5 Å². The molecule has 0 atom stereocenters. The molecule has 7 heteroatoms. The molecule has 92 valence electrons. The van der Waals surface area contributed by atoms with Gasteiger partial charge in [0, 0.05) is 17.3 Å². The van der Waals surface area contributed by atoms with Gasteiger partial charge in [0.25, 0.3) is 0 Å². The number of thiophene rings is 1. The Morgan fingerprint density at radius 3 is 2.78 bits per heavy atom. The standard InChI is InChI=1S/C11H6F3N3S/c12-11(13,14)10-6(2-4-18-10)7-5-15-8-1-3-16-17-9(7)8/h1-5,15H. The summed E-state index contributed by atoms with van der Waals surface area (Å²) in [7, 11) is 0. The molecule has 0 aromatic carbocycles. The van der Waals surface area contributed by atoms with E-state index in [0.29, 0.717) is 27.9 Å². The maximum atomic E-state index is 12.8. The fraction of sp³-hybridized carbons (Fsp3) is 0.0909. The topological polar surface area (TPSA) is 41.6 Å². The maximum Gasteiger partial charge on any atom is 0.426 e. The number of hydrogen-bond acceptors (Lipinski definition) is 3. The van der Waals surface area contributed by atoms with E-state index >= 15 is 0 Å². The Balaban J connectivity index is 2.25. The summed E-state index contributed by atoms with van der Waals surface area (Å²) in [5, 5.41) is 9.00. The average Bonchev–Trinajstić information content (AvgIpc) is 2.93. The smallest absolute Gasteiger partial charge is 0.359 e. The number of alkyl halides is 3. The summed E-state index contributed by atoms with van der Waals surface area (Å²) in [6.07, 6.45) is -1.34. The van der Waals surface area contributed by atoms with Crippen molar-refractivity contribution in [1.82, 2.24) is 15.2 Å². The lowest BCUT2D eigenvalue weighted by Crippen LogP contribution is -2.03. The van der Waals surface area contributed by atoms with Gasteiger partial charge >= 0.3 is 6.18 Å². The fourth-order valence-corrected chi connectivity index (χ4v) is 2.59. The minimum Gasteiger partial charge on any atom is -0.359 e. The van der Waals surface area contributed by atoms with Crippen molar-refractivity contribution in [3.63, 3.8) is 0 Å². The van der Waals surface area contributed by atoms with Crippen LogP contribution >= 0.6 is 11.3 Å². The number of aromatic nitrogens is 3. The molecule has 0 aliphatic rings. The van der Waals surface area contributed by atoms with Crippen LogP contribution in [0.15, 0.2) is 29.9 Å². The minimum absolute atomic E-state index is 0.138. The van der Waals surface area contributed by atoms with Crippen molar-refractivity contribution in [1.29, 1.82) is 0 Å². The Hall–Kier alpha value is -1.89. The van der Waals surface area contributed by atoms with Crippen molar-refractivity contribution in [2.45, 2.75) is 6.18 Å². The van der Waals surface area contributed by atoms with Crippen molar-refractivity contribution in [3.05, 3.63) is 34.8 Å². The molecule has 0 aliphatic carbocycles. The molecule has 3 rings (SSSR count). The first-order chi connectivity index (χ1) is 8.57. The average molecular weight is 269 g/mol. The van der Waals surface area contributed by atoms with Crippen molar-refractivity contribution in [2.75, 3.05) is 0 Å². The molecule has 3 aromatic heterocycles. The predicted molar refractivity (Wildman–Crippen MR) is 62.2 cm³/mol. The largest absolute Gasteiger partial charge is 0.426 e. The van der Waals surface area contributed by atoms with E-state index in [9.17, 15) is 13.2 Å². The van der Waals surface area contributed by atoms with Crippen LogP contribution in [0.25, 0.3) is 22.2 Å². The first-order valence-electron chi connectivity index (χ1n) is 5.01. The predicted octanol–water partition coefficient (Wildman–Crippen LogP) is 3.71. The van der Waals surface area contributed by atoms with E-state index in [2.05, 4.69) is 15.2 Å². The van der Waals surface area contributed by atoms with Crippen LogP contribution in [0.1, 0.15) is 4.88 Å². The zero-order valence-corrected chi connectivity index (χ0v) is 9.64. The highest BCUT2D eigenvalue weighted by atomic mass is 32.1. The Bertz CT molecular complexity index is 699. The summed E-state index contributed by atoms with van der Waals surface area (Å²) in [4.78, 5) is 2.27. The number of rotatable bonds is 1. The molecule has 0 saturated heterocycles. The van der Waals surface area contributed by atoms with Crippen LogP contribution in [0.5, 0.6) is 0 Å². The molecule has 0 bridgehead atoms. The van der Waals surface area contributed by atoms with Crippen LogP contribution in [-0.2, 0) is 6.18 Å². The second-order valence-electron chi connectivity index (χ2n) is 3.66. The maximum absolute atomic E-state index is 12.8. The van der Waals surface area contributed by atoms with E-state index in [1.807, 2.05) is 0 Å². The van der Waals surface area contributed by atoms with Crippen LogP contribution in [0, 0.1) is 0 Å². The Morgan fingerprint density at radius 2 is 2.00 bits per heavy atom. The number of nitrogens with zero attached hydrogens (tertiary/aromatic N) is 2. The summed E-state index contributed by atoms with van der Waals surface area (Å²) < 4.78 is 38.5. The van der Waals surface area contributed by atoms with Gasteiger partial charge in [-0.3, -0.25) is 0 Å². The van der Waals surface area contributed by atoms with Crippen molar-refractivity contribution in [3.8, 4) is 11.1 Å². The Kier molecular flexibility index (Phi) is 2.37. The van der Waals surface area contributed by atoms with E-state index in [1.54, 1.807) is 6.07 Å². The first kappa shape index (κ1) is 11.2. The quantitative estimate of drug-likeness (QED) is 0.731. The molecule has 0 fully saturated rings. The highest BCUT2D eigenvalue weighted by Crippen LogP contribution is 2.42. The van der Waals surface area contributed by atoms with E-state index in [1.165, 1.54) is 23.8 Å². The molecule has 0 unspecified atom stereocenters. The molecule has 0 amide bonds. The SMILES string of the molecule is FC(F)(F)c1sccc1-c1c[nH]c2ccnnc12. The molecule has 0 saturated carbocycles. The lowest BCUT2D eigenvalue weighted by molar-refractivity contribution is -0.133. The molecule has 0 radical (unpaired) electrons. The van der Waals surface area contributed by atoms with Crippen molar-refractivity contribution < 1.29 is 13.2 Å². The van der Waals surface area contributed by atoms with Crippen LogP contribution in [0.2, 0.25) is 0 Å². The van der Waals surface area contributed by atoms with E-state index in [0.717, 1.165) is 0 Å². The Labute approximate surface area is 103 Å². The number of nitrogens with one attached hydrogen (secondary N) is 1. The van der Waals surface area contributed by atoms with Crippen LogP contribution in [0.4, 0.5) is 13.2 Å². The molecule has 1 N–H and O–H groups in total. The lowest BCUT2D eigenvalue weighted by atomic mass is 10.1. The number of H-pyrrole nitrogens is 1. The first-order valence-corrected chi connectivity index (χ1v) is 5.89. The molecular weight excluding hydrogens is 263 g/mol. The third-order valence-corrected chi connectivity index (χ3v) is 3.52. The van der Waals surface area contributed by atoms with Crippen LogP contribution < -0.4 is 0 Å². The Morgan fingerprint density at radius 1 is 1.17 bits per heavy atom. The van der Waals surface area contributed by atoms with E-state index in [-0.39, 0.29) is 5.56 Å². The second kappa shape index (κ2) is 3.81. The molecule has 3 nitrogen and oxygen atoms in total. The van der Waals surface area contributed by atoms with E-state index in [4.69, 9.17) is 0 Å². The number of aromatic amines is 1. The number of fused-ring (bicyclic) bond motifs is 1. The summed E-state index contributed by atoms with van der Waals surface area (Å²) in [6, 6.07) is 3.12. The fourth-order valence-electron chi connectivity index (χ4n) is 1.81. The van der Waals surface area contributed by atoms with E-state index < -0.39 is 11.1 Å². The van der Waals surface area contributed by atoms with Gasteiger partial charge in [-0.2, -0.15) is 18.3 Å². The van der Waals surface area contributed by atoms with Gasteiger partial charge in [0.15, 0.2) is 0 Å². The second-order valence-corrected chi connectivity index (χ2v) is 4.57. The summed E-state index contributed by atoms with van der Waals surface area (Å²) >= 11 is 0.676. The summed E-state index contributed by atoms with van der Waals surface area (Å²) in [5.41, 5.74) is 1.67. The van der Waals surface area contributed by atoms with Gasteiger partial charge < -0.3 is 4.98 Å². The van der Waals surface area contributed by atoms with Crippen molar-refractivity contribution in [2.24, 2.45) is 0 Å². The molecule has 18 heavy (non-hydrogen) atoms. The highest BCUT2D eigenvalue weighted by Gasteiger charge is 2.35. The third kappa shape index (κ3) is 1.67.